The normalized spacial score (nSPS) is 12.4. The Morgan fingerprint density at radius 2 is 1.53 bits per heavy atom. The van der Waals surface area contributed by atoms with Crippen LogP contribution in [0.2, 0.25) is 0 Å². The Hall–Kier alpha value is -1.55. The van der Waals surface area contributed by atoms with E-state index in [0.717, 1.165) is 20.9 Å². The van der Waals surface area contributed by atoms with Crippen LogP contribution in [0.4, 0.5) is 13.2 Å². The molecule has 0 nitrogen and oxygen atoms in total. The van der Waals surface area contributed by atoms with Gasteiger partial charge in [0.2, 0.25) is 0 Å². The molecule has 2 aromatic carbocycles. The van der Waals surface area contributed by atoms with Crippen molar-refractivity contribution in [1.29, 1.82) is 0 Å². The largest absolute Gasteiger partial charge is 0.416 e. The lowest BCUT2D eigenvalue weighted by Gasteiger charge is -2.05. The molecule has 1 heterocycles. The van der Waals surface area contributed by atoms with Gasteiger partial charge in [0.15, 0.2) is 0 Å². The highest BCUT2D eigenvalue weighted by Crippen LogP contribution is 2.37. The van der Waals surface area contributed by atoms with Crippen molar-refractivity contribution in [3.8, 4) is 0 Å². The van der Waals surface area contributed by atoms with Gasteiger partial charge in [-0.15, -0.1) is 11.3 Å². The van der Waals surface area contributed by atoms with Gasteiger partial charge in [-0.05, 0) is 24.3 Å². The van der Waals surface area contributed by atoms with E-state index >= 15 is 0 Å². The molecule has 0 N–H and O–H groups in total. The molecule has 0 saturated heterocycles. The van der Waals surface area contributed by atoms with E-state index < -0.39 is 11.7 Å². The molecule has 1 aromatic heterocycles. The quantitative estimate of drug-likeness (QED) is 0.523. The molecule has 3 aromatic rings. The molecule has 0 spiro atoms. The molecule has 0 saturated carbocycles. The number of halogens is 3. The van der Waals surface area contributed by atoms with E-state index in [2.05, 4.69) is 0 Å². The van der Waals surface area contributed by atoms with Crippen molar-refractivity contribution in [2.45, 2.75) is 6.18 Å². The Balaban J connectivity index is 2.38. The monoisotopic (exact) mass is 252 g/mol. The van der Waals surface area contributed by atoms with Crippen molar-refractivity contribution in [2.24, 2.45) is 0 Å². The molecular formula is C13H7F3S. The van der Waals surface area contributed by atoms with Crippen LogP contribution in [-0.2, 0) is 6.18 Å². The van der Waals surface area contributed by atoms with Crippen LogP contribution < -0.4 is 0 Å². The summed E-state index contributed by atoms with van der Waals surface area (Å²) >= 11 is 1.51. The van der Waals surface area contributed by atoms with E-state index in [1.165, 1.54) is 17.4 Å². The molecule has 0 aliphatic carbocycles. The zero-order valence-corrected chi connectivity index (χ0v) is 9.40. The first-order chi connectivity index (χ1) is 8.05. The molecule has 4 heteroatoms. The zero-order chi connectivity index (χ0) is 12.0. The van der Waals surface area contributed by atoms with Crippen LogP contribution >= 0.6 is 11.3 Å². The Kier molecular flexibility index (Phi) is 2.16. The first-order valence-corrected chi connectivity index (χ1v) is 5.86. The smallest absolute Gasteiger partial charge is 0.166 e. The van der Waals surface area contributed by atoms with E-state index in [4.69, 9.17) is 0 Å². The fourth-order valence-electron chi connectivity index (χ4n) is 1.90. The lowest BCUT2D eigenvalue weighted by Crippen LogP contribution is -2.03. The van der Waals surface area contributed by atoms with E-state index in [1.54, 1.807) is 6.07 Å². The Morgan fingerprint density at radius 3 is 2.29 bits per heavy atom. The third-order valence-corrected chi connectivity index (χ3v) is 3.86. The van der Waals surface area contributed by atoms with Crippen LogP contribution in [0.15, 0.2) is 42.5 Å². The maximum absolute atomic E-state index is 12.6. The second kappa shape index (κ2) is 3.47. The van der Waals surface area contributed by atoms with Crippen molar-refractivity contribution in [3.05, 3.63) is 48.0 Å². The highest BCUT2D eigenvalue weighted by atomic mass is 32.1. The van der Waals surface area contributed by atoms with E-state index in [9.17, 15) is 13.2 Å². The van der Waals surface area contributed by atoms with Crippen molar-refractivity contribution < 1.29 is 13.2 Å². The van der Waals surface area contributed by atoms with Crippen LogP contribution in [0.3, 0.4) is 0 Å². The van der Waals surface area contributed by atoms with Crippen LogP contribution in [0.25, 0.3) is 20.2 Å². The molecule has 0 amide bonds. The number of benzene rings is 2. The summed E-state index contributed by atoms with van der Waals surface area (Å²) in [6.07, 6.45) is -4.28. The Bertz CT molecular complexity index is 695. The maximum Gasteiger partial charge on any atom is 0.416 e. The fraction of sp³-hybridized carbons (Fsp3) is 0.0769. The highest BCUT2D eigenvalue weighted by molar-refractivity contribution is 7.25. The number of alkyl halides is 3. The minimum atomic E-state index is -4.28. The van der Waals surface area contributed by atoms with Gasteiger partial charge in [-0.1, -0.05) is 18.2 Å². The summed E-state index contributed by atoms with van der Waals surface area (Å²) in [7, 11) is 0. The minimum absolute atomic E-state index is 0.589. The van der Waals surface area contributed by atoms with Crippen LogP contribution in [0.5, 0.6) is 0 Å². The summed E-state index contributed by atoms with van der Waals surface area (Å²) in [5.41, 5.74) is -0.589. The number of hydrogen-bond donors (Lipinski definition) is 0. The maximum atomic E-state index is 12.6. The second-order valence-corrected chi connectivity index (χ2v) is 4.89. The first-order valence-electron chi connectivity index (χ1n) is 5.04. The van der Waals surface area contributed by atoms with Gasteiger partial charge in [0.25, 0.3) is 0 Å². The minimum Gasteiger partial charge on any atom is -0.166 e. The SMILES string of the molecule is FC(F)(F)c1ccc2sc3ccccc3c2c1. The molecule has 0 radical (unpaired) electrons. The van der Waals surface area contributed by atoms with Crippen molar-refractivity contribution >= 4 is 31.5 Å². The topological polar surface area (TPSA) is 0 Å². The van der Waals surface area contributed by atoms with Gasteiger partial charge in [0.05, 0.1) is 5.56 Å². The lowest BCUT2D eigenvalue weighted by molar-refractivity contribution is -0.137. The zero-order valence-electron chi connectivity index (χ0n) is 8.58. The molecule has 0 bridgehead atoms. The third-order valence-electron chi connectivity index (χ3n) is 2.70. The van der Waals surface area contributed by atoms with Crippen molar-refractivity contribution in [1.82, 2.24) is 0 Å². The van der Waals surface area contributed by atoms with Crippen molar-refractivity contribution in [2.75, 3.05) is 0 Å². The fourth-order valence-corrected chi connectivity index (χ4v) is 2.99. The van der Waals surface area contributed by atoms with Crippen molar-refractivity contribution in [3.63, 3.8) is 0 Å². The number of rotatable bonds is 0. The van der Waals surface area contributed by atoms with E-state index in [0.29, 0.717) is 5.39 Å². The molecule has 0 unspecified atom stereocenters. The summed E-state index contributed by atoms with van der Waals surface area (Å²) in [4.78, 5) is 0. The molecule has 0 atom stereocenters. The highest BCUT2D eigenvalue weighted by Gasteiger charge is 2.30. The van der Waals surface area contributed by atoms with Gasteiger partial charge in [0, 0.05) is 20.2 Å². The summed E-state index contributed by atoms with van der Waals surface area (Å²) in [5.74, 6) is 0. The molecule has 0 fully saturated rings. The van der Waals surface area contributed by atoms with Crippen LogP contribution in [-0.4, -0.2) is 0 Å². The molecule has 0 aliphatic rings. The summed E-state index contributed by atoms with van der Waals surface area (Å²) in [6.45, 7) is 0. The van der Waals surface area contributed by atoms with E-state index in [1.807, 2.05) is 24.3 Å². The standard InChI is InChI=1S/C13H7F3S/c14-13(15,16)8-5-6-12-10(7-8)9-3-1-2-4-11(9)17-12/h1-7H. The molecule has 3 rings (SSSR count). The average Bonchev–Trinajstić information content (AvgIpc) is 2.65. The van der Waals surface area contributed by atoms with Crippen LogP contribution in [0.1, 0.15) is 5.56 Å². The van der Waals surface area contributed by atoms with Gasteiger partial charge >= 0.3 is 6.18 Å². The number of hydrogen-bond acceptors (Lipinski definition) is 1. The van der Waals surface area contributed by atoms with Gasteiger partial charge in [-0.25, -0.2) is 0 Å². The first kappa shape index (κ1) is 10.6. The van der Waals surface area contributed by atoms with Crippen LogP contribution in [0, 0.1) is 0 Å². The van der Waals surface area contributed by atoms with Gasteiger partial charge in [0.1, 0.15) is 0 Å². The molecule has 17 heavy (non-hydrogen) atoms. The number of thiophene rings is 1. The Morgan fingerprint density at radius 1 is 0.824 bits per heavy atom. The molecular weight excluding hydrogens is 245 g/mol. The predicted octanol–water partition coefficient (Wildman–Crippen LogP) is 5.07. The van der Waals surface area contributed by atoms with Gasteiger partial charge in [-0.3, -0.25) is 0 Å². The lowest BCUT2D eigenvalue weighted by atomic mass is 10.1. The molecule has 86 valence electrons. The second-order valence-electron chi connectivity index (χ2n) is 3.81. The number of fused-ring (bicyclic) bond motifs is 3. The summed E-state index contributed by atoms with van der Waals surface area (Å²) in [5, 5.41) is 1.57. The van der Waals surface area contributed by atoms with Gasteiger partial charge < -0.3 is 0 Å². The van der Waals surface area contributed by atoms with Gasteiger partial charge in [-0.2, -0.15) is 13.2 Å². The predicted molar refractivity (Wildman–Crippen MR) is 64.3 cm³/mol. The summed E-state index contributed by atoms with van der Waals surface area (Å²) < 4.78 is 39.8. The van der Waals surface area contributed by atoms with E-state index in [-0.39, 0.29) is 0 Å². The summed E-state index contributed by atoms with van der Waals surface area (Å²) in [6, 6.07) is 11.4. The average molecular weight is 252 g/mol. The molecule has 0 aliphatic heterocycles. The Labute approximate surface area is 99.3 Å². The third kappa shape index (κ3) is 1.69.